The van der Waals surface area contributed by atoms with Gasteiger partial charge in [-0.3, -0.25) is 0 Å². The van der Waals surface area contributed by atoms with Gasteiger partial charge in [-0.25, -0.2) is 4.98 Å². The Kier molecular flexibility index (Phi) is 3.95. The fourth-order valence-electron chi connectivity index (χ4n) is 1.50. The number of halogens is 1. The number of aromatic nitrogens is 1. The lowest BCUT2D eigenvalue weighted by Crippen LogP contribution is -2.22. The van der Waals surface area contributed by atoms with Crippen LogP contribution in [0.15, 0.2) is 9.98 Å². The number of nitrogens with zero attached hydrogens (tertiary/aromatic N) is 1. The summed E-state index contributed by atoms with van der Waals surface area (Å²) in [5.74, 6) is 0. The normalized spacial score (nSPS) is 14.1. The Morgan fingerprint density at radius 1 is 1.57 bits per heavy atom. The maximum Gasteiger partial charge on any atom is 0.183 e. The molecule has 0 saturated carbocycles. The highest BCUT2D eigenvalue weighted by Gasteiger charge is 2.15. The molecule has 1 rings (SSSR count). The highest BCUT2D eigenvalue weighted by atomic mass is 79.9. The van der Waals surface area contributed by atoms with Crippen molar-refractivity contribution in [2.75, 3.05) is 5.32 Å². The Morgan fingerprint density at radius 3 is 2.64 bits per heavy atom. The van der Waals surface area contributed by atoms with E-state index < -0.39 is 0 Å². The van der Waals surface area contributed by atoms with Crippen LogP contribution in [0, 0.1) is 5.41 Å². The number of anilines is 1. The van der Waals surface area contributed by atoms with E-state index in [0.29, 0.717) is 11.5 Å². The van der Waals surface area contributed by atoms with E-state index in [9.17, 15) is 0 Å². The lowest BCUT2D eigenvalue weighted by atomic mass is 9.89. The predicted octanol–water partition coefficient (Wildman–Crippen LogP) is 4.14. The minimum Gasteiger partial charge on any atom is -0.359 e. The van der Waals surface area contributed by atoms with E-state index in [2.05, 4.69) is 53.9 Å². The summed E-state index contributed by atoms with van der Waals surface area (Å²) in [6.07, 6.45) is 1.14. The summed E-state index contributed by atoms with van der Waals surface area (Å²) in [6.45, 7) is 8.95. The molecule has 0 spiro atoms. The van der Waals surface area contributed by atoms with Crippen molar-refractivity contribution in [3.8, 4) is 0 Å². The smallest absolute Gasteiger partial charge is 0.183 e. The van der Waals surface area contributed by atoms with Crippen LogP contribution in [0.2, 0.25) is 0 Å². The third-order valence-corrected chi connectivity index (χ3v) is 3.25. The van der Waals surface area contributed by atoms with Gasteiger partial charge in [-0.05, 0) is 34.7 Å². The first-order chi connectivity index (χ1) is 6.37. The van der Waals surface area contributed by atoms with Crippen molar-refractivity contribution in [3.05, 3.63) is 9.98 Å². The number of rotatable bonds is 3. The van der Waals surface area contributed by atoms with Gasteiger partial charge in [0.05, 0.1) is 0 Å². The molecule has 0 aromatic carbocycles. The SMILES string of the molecule is CC(CC(C)(C)C)Nc1nc(Br)cs1. The van der Waals surface area contributed by atoms with Crippen molar-refractivity contribution in [2.45, 2.75) is 40.2 Å². The molecule has 0 fully saturated rings. The van der Waals surface area contributed by atoms with Crippen LogP contribution in [-0.2, 0) is 0 Å². The van der Waals surface area contributed by atoms with Gasteiger partial charge in [0.1, 0.15) is 4.60 Å². The van der Waals surface area contributed by atoms with Gasteiger partial charge in [0.15, 0.2) is 5.13 Å². The molecule has 0 saturated heterocycles. The van der Waals surface area contributed by atoms with Crippen molar-refractivity contribution in [1.82, 2.24) is 4.98 Å². The van der Waals surface area contributed by atoms with Gasteiger partial charge in [-0.2, -0.15) is 0 Å². The van der Waals surface area contributed by atoms with Crippen LogP contribution >= 0.6 is 27.3 Å². The molecular formula is C10H17BrN2S. The van der Waals surface area contributed by atoms with Crippen molar-refractivity contribution in [2.24, 2.45) is 5.41 Å². The van der Waals surface area contributed by atoms with Crippen LogP contribution in [0.5, 0.6) is 0 Å². The first-order valence-corrected chi connectivity index (χ1v) is 6.42. The molecule has 4 heteroatoms. The van der Waals surface area contributed by atoms with Crippen LogP contribution in [0.25, 0.3) is 0 Å². The Bertz CT molecular complexity index is 291. The Hall–Kier alpha value is -0.0900. The molecule has 80 valence electrons. The zero-order chi connectivity index (χ0) is 10.8. The Morgan fingerprint density at radius 2 is 2.21 bits per heavy atom. The van der Waals surface area contributed by atoms with Crippen LogP contribution in [0.1, 0.15) is 34.1 Å². The molecule has 0 bridgehead atoms. The third kappa shape index (κ3) is 4.42. The molecule has 1 N–H and O–H groups in total. The maximum atomic E-state index is 4.30. The van der Waals surface area contributed by atoms with E-state index in [-0.39, 0.29) is 0 Å². The summed E-state index contributed by atoms with van der Waals surface area (Å²) in [5.41, 5.74) is 0.362. The quantitative estimate of drug-likeness (QED) is 0.898. The first-order valence-electron chi connectivity index (χ1n) is 4.74. The molecule has 0 radical (unpaired) electrons. The number of hydrogen-bond acceptors (Lipinski definition) is 3. The lowest BCUT2D eigenvalue weighted by Gasteiger charge is -2.23. The van der Waals surface area contributed by atoms with Crippen LogP contribution < -0.4 is 5.32 Å². The van der Waals surface area contributed by atoms with Crippen LogP contribution in [-0.4, -0.2) is 11.0 Å². The van der Waals surface area contributed by atoms with E-state index in [1.165, 1.54) is 0 Å². The van der Waals surface area contributed by atoms with E-state index >= 15 is 0 Å². The number of nitrogens with one attached hydrogen (secondary N) is 1. The molecular weight excluding hydrogens is 260 g/mol. The molecule has 0 amide bonds. The zero-order valence-corrected chi connectivity index (χ0v) is 11.5. The second kappa shape index (κ2) is 4.62. The summed E-state index contributed by atoms with van der Waals surface area (Å²) >= 11 is 4.98. The van der Waals surface area contributed by atoms with Gasteiger partial charge in [0, 0.05) is 11.4 Å². The van der Waals surface area contributed by atoms with Gasteiger partial charge >= 0.3 is 0 Å². The second-order valence-electron chi connectivity index (χ2n) is 4.79. The van der Waals surface area contributed by atoms with Crippen LogP contribution in [0.4, 0.5) is 5.13 Å². The monoisotopic (exact) mass is 276 g/mol. The van der Waals surface area contributed by atoms with Gasteiger partial charge in [0.25, 0.3) is 0 Å². The summed E-state index contributed by atoms with van der Waals surface area (Å²) < 4.78 is 0.910. The van der Waals surface area contributed by atoms with E-state index in [4.69, 9.17) is 0 Å². The van der Waals surface area contributed by atoms with Crippen molar-refractivity contribution < 1.29 is 0 Å². The highest BCUT2D eigenvalue weighted by Crippen LogP contribution is 2.25. The molecule has 2 nitrogen and oxygen atoms in total. The standard InChI is InChI=1S/C10H17BrN2S/c1-7(5-10(2,3)4)12-9-13-8(11)6-14-9/h6-7H,5H2,1-4H3,(H,12,13). The van der Waals surface area contributed by atoms with Crippen LogP contribution in [0.3, 0.4) is 0 Å². The molecule has 1 atom stereocenters. The summed E-state index contributed by atoms with van der Waals surface area (Å²) in [5, 5.41) is 6.38. The molecule has 0 aliphatic rings. The minimum absolute atomic E-state index is 0.362. The van der Waals surface area contributed by atoms with Gasteiger partial charge in [-0.1, -0.05) is 20.8 Å². The van der Waals surface area contributed by atoms with E-state index in [1.807, 2.05) is 5.38 Å². The van der Waals surface area contributed by atoms with E-state index in [1.54, 1.807) is 11.3 Å². The molecule has 1 aromatic heterocycles. The predicted molar refractivity (Wildman–Crippen MR) is 67.0 cm³/mol. The van der Waals surface area contributed by atoms with Gasteiger partial charge in [0.2, 0.25) is 0 Å². The van der Waals surface area contributed by atoms with Gasteiger partial charge < -0.3 is 5.32 Å². The number of hydrogen-bond donors (Lipinski definition) is 1. The molecule has 1 heterocycles. The highest BCUT2D eigenvalue weighted by molar-refractivity contribution is 9.10. The Balaban J connectivity index is 2.45. The fourth-order valence-corrected chi connectivity index (χ4v) is 2.76. The fraction of sp³-hybridized carbons (Fsp3) is 0.700. The first kappa shape index (κ1) is 12.0. The average Bonchev–Trinajstić information content (AvgIpc) is 2.30. The van der Waals surface area contributed by atoms with Gasteiger partial charge in [-0.15, -0.1) is 11.3 Å². The second-order valence-corrected chi connectivity index (χ2v) is 6.46. The molecule has 14 heavy (non-hydrogen) atoms. The van der Waals surface area contributed by atoms with E-state index in [0.717, 1.165) is 16.2 Å². The summed E-state index contributed by atoms with van der Waals surface area (Å²) in [6, 6.07) is 0.466. The Labute approximate surface area is 98.3 Å². The average molecular weight is 277 g/mol. The zero-order valence-electron chi connectivity index (χ0n) is 9.10. The molecule has 1 aromatic rings. The summed E-state index contributed by atoms with van der Waals surface area (Å²) in [4.78, 5) is 4.30. The van der Waals surface area contributed by atoms with Crippen molar-refractivity contribution in [3.63, 3.8) is 0 Å². The topological polar surface area (TPSA) is 24.9 Å². The third-order valence-electron chi connectivity index (χ3n) is 1.76. The largest absolute Gasteiger partial charge is 0.359 e. The maximum absolute atomic E-state index is 4.30. The lowest BCUT2D eigenvalue weighted by molar-refractivity contribution is 0.358. The molecule has 0 aliphatic carbocycles. The molecule has 0 aliphatic heterocycles. The number of thiazole rings is 1. The van der Waals surface area contributed by atoms with Crippen molar-refractivity contribution in [1.29, 1.82) is 0 Å². The van der Waals surface area contributed by atoms with Crippen molar-refractivity contribution >= 4 is 32.4 Å². The minimum atomic E-state index is 0.362. The molecule has 1 unspecified atom stereocenters. The summed E-state index contributed by atoms with van der Waals surface area (Å²) in [7, 11) is 0.